The van der Waals surface area contributed by atoms with Crippen molar-refractivity contribution in [2.75, 3.05) is 12.3 Å². The van der Waals surface area contributed by atoms with E-state index in [0.29, 0.717) is 24.3 Å². The minimum atomic E-state index is -0.360. The van der Waals surface area contributed by atoms with Crippen LogP contribution in [0.25, 0.3) is 0 Å². The van der Waals surface area contributed by atoms with Crippen LogP contribution >= 0.6 is 0 Å². The molecule has 0 spiro atoms. The van der Waals surface area contributed by atoms with Gasteiger partial charge in [0.15, 0.2) is 5.90 Å². The number of hydrogen-bond acceptors (Lipinski definition) is 5. The van der Waals surface area contributed by atoms with Crippen molar-refractivity contribution in [1.29, 1.82) is 5.41 Å². The topological polar surface area (TPSA) is 105 Å². The summed E-state index contributed by atoms with van der Waals surface area (Å²) >= 11 is 0. The van der Waals surface area contributed by atoms with Gasteiger partial charge in [0.25, 0.3) is 0 Å². The molecule has 1 aromatic rings. The molecule has 3 fully saturated rings. The Kier molecular flexibility index (Phi) is 6.33. The Morgan fingerprint density at radius 3 is 2.49 bits per heavy atom. The molecule has 6 rings (SSSR count). The van der Waals surface area contributed by atoms with E-state index >= 15 is 0 Å². The number of nitrogens with two attached hydrogens (primary N) is 1. The summed E-state index contributed by atoms with van der Waals surface area (Å²) in [6.07, 6.45) is 12.3. The van der Waals surface area contributed by atoms with Crippen LogP contribution < -0.4 is 5.73 Å². The first kappa shape index (κ1) is 29.0. The van der Waals surface area contributed by atoms with Crippen LogP contribution in [0, 0.1) is 50.2 Å². The van der Waals surface area contributed by atoms with Gasteiger partial charge in [-0.15, -0.1) is 0 Å². The first-order valence-corrected chi connectivity index (χ1v) is 16.3. The van der Waals surface area contributed by atoms with Crippen LogP contribution in [0.15, 0.2) is 11.6 Å². The number of nitrogen functional groups attached to an aromatic ring is 1. The van der Waals surface area contributed by atoms with E-state index in [2.05, 4.69) is 64.7 Å². The Hall–Kier alpha value is -2.11. The van der Waals surface area contributed by atoms with Gasteiger partial charge in [-0.2, -0.15) is 5.10 Å². The van der Waals surface area contributed by atoms with Gasteiger partial charge in [0.05, 0.1) is 13.0 Å². The third-order valence-electron chi connectivity index (χ3n) is 14.1. The highest BCUT2D eigenvalue weighted by atomic mass is 16.5. The van der Waals surface area contributed by atoms with E-state index in [1.165, 1.54) is 24.1 Å². The first-order chi connectivity index (χ1) is 19.1. The third-order valence-corrected chi connectivity index (χ3v) is 14.1. The fraction of sp³-hybridized carbons (Fsp3) is 0.800. The minimum absolute atomic E-state index is 0.00569. The Balaban J connectivity index is 1.42. The van der Waals surface area contributed by atoms with E-state index in [1.54, 1.807) is 5.57 Å². The molecule has 6 heteroatoms. The number of aromatic nitrogens is 2. The first-order valence-electron chi connectivity index (χ1n) is 16.3. The van der Waals surface area contributed by atoms with Crippen molar-refractivity contribution in [3.63, 3.8) is 0 Å². The largest absolute Gasteiger partial charge is 0.481 e. The van der Waals surface area contributed by atoms with Crippen molar-refractivity contribution in [2.24, 2.45) is 44.8 Å². The second-order valence-electron chi connectivity index (χ2n) is 16.7. The van der Waals surface area contributed by atoms with Crippen LogP contribution in [0.5, 0.6) is 0 Å². The summed E-state index contributed by atoms with van der Waals surface area (Å²) in [7, 11) is 0. The number of carbonyl (C=O) groups is 1. The average molecular weight is 563 g/mol. The van der Waals surface area contributed by atoms with Crippen LogP contribution in [0.4, 0.5) is 5.82 Å². The van der Waals surface area contributed by atoms with E-state index in [4.69, 9.17) is 15.9 Å². The van der Waals surface area contributed by atoms with Crippen LogP contribution in [0.3, 0.4) is 0 Å². The summed E-state index contributed by atoms with van der Waals surface area (Å²) < 4.78 is 5.47. The molecule has 4 N–H and O–H groups in total. The molecule has 1 aromatic heterocycles. The maximum atomic E-state index is 14.2. The molecule has 0 bridgehead atoms. The average Bonchev–Trinajstić information content (AvgIpc) is 3.24. The number of ether oxygens (including phenoxy) is 1. The number of fused-ring (bicyclic) bond motifs is 8. The fourth-order valence-electron chi connectivity index (χ4n) is 11.7. The minimum Gasteiger partial charge on any atom is -0.481 e. The lowest BCUT2D eigenvalue weighted by molar-refractivity contribution is -0.166. The molecule has 7 atom stereocenters. The predicted octanol–water partition coefficient (Wildman–Crippen LogP) is 7.78. The number of Topliss-reactive ketones (excluding diaryl/α,β-unsaturated/α-hetero) is 1. The number of allylic oxidation sites excluding steroid dienone is 2. The third kappa shape index (κ3) is 3.76. The monoisotopic (exact) mass is 562 g/mol. The molecule has 0 amide bonds. The predicted molar refractivity (Wildman–Crippen MR) is 165 cm³/mol. The number of rotatable bonds is 4. The van der Waals surface area contributed by atoms with E-state index in [1.807, 2.05) is 6.92 Å². The van der Waals surface area contributed by atoms with Crippen molar-refractivity contribution in [1.82, 2.24) is 10.2 Å². The lowest BCUT2D eigenvalue weighted by Crippen LogP contribution is -2.64. The van der Waals surface area contributed by atoms with Gasteiger partial charge < -0.3 is 10.5 Å². The van der Waals surface area contributed by atoms with Crippen LogP contribution in [-0.2, 0) is 21.4 Å². The molecule has 3 saturated carbocycles. The van der Waals surface area contributed by atoms with Gasteiger partial charge in [0, 0.05) is 22.1 Å². The molecule has 5 aliphatic carbocycles. The summed E-state index contributed by atoms with van der Waals surface area (Å²) in [4.78, 5) is 14.2. The zero-order valence-corrected chi connectivity index (χ0v) is 26.9. The number of nitrogens with zero attached hydrogens (tertiary/aromatic N) is 1. The van der Waals surface area contributed by atoms with Gasteiger partial charge >= 0.3 is 0 Å². The SMILES string of the molecule is CCOC(=N)CC(=O)[C@]12CCC(C)(C)CC1C1=CCC3[C@@]4(C)Cc5c(N)n[nH]c5C(C)(C)C4CC[C@@]3(C)[C@]1(C)CC2. The van der Waals surface area contributed by atoms with Gasteiger partial charge in [-0.05, 0) is 104 Å². The Labute approximate surface area is 247 Å². The van der Waals surface area contributed by atoms with Crippen molar-refractivity contribution in [3.8, 4) is 0 Å². The molecule has 0 saturated heterocycles. The van der Waals surface area contributed by atoms with Crippen LogP contribution in [-0.4, -0.2) is 28.5 Å². The summed E-state index contributed by atoms with van der Waals surface area (Å²) in [6, 6.07) is 0. The molecule has 0 aromatic carbocycles. The molecule has 1 heterocycles. The van der Waals surface area contributed by atoms with Gasteiger partial charge in [-0.1, -0.05) is 60.1 Å². The molecule has 5 aliphatic rings. The van der Waals surface area contributed by atoms with Crippen molar-refractivity contribution >= 4 is 17.5 Å². The van der Waals surface area contributed by atoms with Gasteiger partial charge in [-0.3, -0.25) is 15.3 Å². The molecule has 0 radical (unpaired) electrons. The molecular weight excluding hydrogens is 508 g/mol. The number of aromatic amines is 1. The second-order valence-corrected chi connectivity index (χ2v) is 16.7. The number of H-pyrrole nitrogens is 1. The molecule has 6 nitrogen and oxygen atoms in total. The number of nitrogens with one attached hydrogen (secondary N) is 2. The van der Waals surface area contributed by atoms with Crippen molar-refractivity contribution < 1.29 is 9.53 Å². The molecule has 3 unspecified atom stereocenters. The van der Waals surface area contributed by atoms with Gasteiger partial charge in [0.2, 0.25) is 0 Å². The lowest BCUT2D eigenvalue weighted by Gasteiger charge is -2.70. The summed E-state index contributed by atoms with van der Waals surface area (Å²) in [5, 5.41) is 16.1. The maximum absolute atomic E-state index is 14.2. The standard InChI is InChI=1S/C35H54N4O2/c1-9-41-27(36)18-26(40)35-16-14-30(2,3)20-23(35)22-10-11-25-32(6)19-21-28(38-39-29(21)37)31(4,5)24(32)12-13-34(25,8)33(22,7)15-17-35/h10,23-25,36H,9,11-20H2,1-8H3,(H3,37,38,39)/t23?,24?,25?,32-,33+,34+,35-/m0/s1. The van der Waals surface area contributed by atoms with E-state index in [9.17, 15) is 4.79 Å². The Morgan fingerprint density at radius 1 is 1.07 bits per heavy atom. The van der Waals surface area contributed by atoms with E-state index in [0.717, 1.165) is 44.9 Å². The number of carbonyl (C=O) groups excluding carboxylic acids is 1. The van der Waals surface area contributed by atoms with E-state index in [-0.39, 0.29) is 56.5 Å². The second kappa shape index (κ2) is 8.95. The summed E-state index contributed by atoms with van der Waals surface area (Å²) in [6.45, 7) is 19.7. The summed E-state index contributed by atoms with van der Waals surface area (Å²) in [5.74, 6) is 2.45. The molecule has 226 valence electrons. The Bertz CT molecular complexity index is 1310. The smallest absolute Gasteiger partial charge is 0.187 e. The Morgan fingerprint density at radius 2 is 1.78 bits per heavy atom. The zero-order chi connectivity index (χ0) is 29.8. The van der Waals surface area contributed by atoms with Crippen molar-refractivity contribution in [2.45, 2.75) is 125 Å². The normalized spacial score (nSPS) is 42.0. The van der Waals surface area contributed by atoms with Crippen molar-refractivity contribution in [3.05, 3.63) is 22.9 Å². The lowest BCUT2D eigenvalue weighted by atomic mass is 9.33. The fourth-order valence-corrected chi connectivity index (χ4v) is 11.7. The highest BCUT2D eigenvalue weighted by Gasteiger charge is 2.69. The van der Waals surface area contributed by atoms with Crippen LogP contribution in [0.2, 0.25) is 0 Å². The number of anilines is 1. The van der Waals surface area contributed by atoms with Crippen LogP contribution in [0.1, 0.15) is 124 Å². The highest BCUT2D eigenvalue weighted by molar-refractivity contribution is 6.00. The number of hydrogen-bond donors (Lipinski definition) is 3. The maximum Gasteiger partial charge on any atom is 0.187 e. The van der Waals surface area contributed by atoms with Gasteiger partial charge in [-0.25, -0.2) is 0 Å². The summed E-state index contributed by atoms with van der Waals surface area (Å²) in [5.41, 5.74) is 10.8. The molecule has 41 heavy (non-hydrogen) atoms. The molecular formula is C35H54N4O2. The quantitative estimate of drug-likeness (QED) is 0.198. The van der Waals surface area contributed by atoms with E-state index < -0.39 is 0 Å². The molecule has 0 aliphatic heterocycles. The number of ketones is 1. The highest BCUT2D eigenvalue weighted by Crippen LogP contribution is 2.75. The zero-order valence-electron chi connectivity index (χ0n) is 26.9. The van der Waals surface area contributed by atoms with Gasteiger partial charge in [0.1, 0.15) is 11.6 Å².